The zero-order valence-corrected chi connectivity index (χ0v) is 14.0. The van der Waals surface area contributed by atoms with Gasteiger partial charge in [0.1, 0.15) is 0 Å². The van der Waals surface area contributed by atoms with E-state index in [-0.39, 0.29) is 5.54 Å². The molecule has 3 nitrogen and oxygen atoms in total. The molecule has 0 aromatic carbocycles. The molecule has 0 aliphatic carbocycles. The van der Waals surface area contributed by atoms with Gasteiger partial charge in [-0.2, -0.15) is 0 Å². The van der Waals surface area contributed by atoms with Crippen molar-refractivity contribution in [2.45, 2.75) is 66.1 Å². The van der Waals surface area contributed by atoms with Gasteiger partial charge in [0.05, 0.1) is 5.69 Å². The van der Waals surface area contributed by atoms with Crippen LogP contribution in [-0.2, 0) is 6.54 Å². The zero-order chi connectivity index (χ0) is 15.2. The number of likely N-dealkylation sites (N-methyl/N-ethyl adjacent to an activating group) is 1. The second kappa shape index (κ2) is 7.75. The second-order valence-electron chi connectivity index (χ2n) is 6.53. The van der Waals surface area contributed by atoms with Crippen molar-refractivity contribution in [1.29, 1.82) is 0 Å². The number of aromatic nitrogens is 1. The van der Waals surface area contributed by atoms with Crippen molar-refractivity contribution < 1.29 is 0 Å². The Labute approximate surface area is 124 Å². The van der Waals surface area contributed by atoms with Crippen molar-refractivity contribution >= 4 is 0 Å². The van der Waals surface area contributed by atoms with Gasteiger partial charge in [0, 0.05) is 30.4 Å². The van der Waals surface area contributed by atoms with Crippen LogP contribution in [0.2, 0.25) is 0 Å². The Hall–Kier alpha value is -0.930. The van der Waals surface area contributed by atoms with Gasteiger partial charge in [0.15, 0.2) is 0 Å². The predicted molar refractivity (Wildman–Crippen MR) is 86.9 cm³/mol. The molecule has 1 heterocycles. The molecule has 0 saturated carbocycles. The average Bonchev–Trinajstić information content (AvgIpc) is 2.36. The maximum atomic E-state index is 4.62. The van der Waals surface area contributed by atoms with E-state index in [9.17, 15) is 0 Å². The molecule has 3 heteroatoms. The maximum absolute atomic E-state index is 4.62. The molecular weight excluding hydrogens is 246 g/mol. The van der Waals surface area contributed by atoms with Gasteiger partial charge in [-0.05, 0) is 52.8 Å². The zero-order valence-electron chi connectivity index (χ0n) is 14.0. The van der Waals surface area contributed by atoms with E-state index in [1.54, 1.807) is 0 Å². The molecule has 1 aromatic rings. The summed E-state index contributed by atoms with van der Waals surface area (Å²) in [4.78, 5) is 7.14. The van der Waals surface area contributed by atoms with Crippen LogP contribution < -0.4 is 5.32 Å². The average molecular weight is 277 g/mol. The van der Waals surface area contributed by atoms with Gasteiger partial charge in [0.25, 0.3) is 0 Å². The van der Waals surface area contributed by atoms with Crippen molar-refractivity contribution in [2.75, 3.05) is 13.1 Å². The first-order valence-electron chi connectivity index (χ1n) is 7.77. The molecule has 20 heavy (non-hydrogen) atoms. The van der Waals surface area contributed by atoms with Crippen molar-refractivity contribution in [1.82, 2.24) is 15.2 Å². The molecule has 0 bridgehead atoms. The van der Waals surface area contributed by atoms with E-state index in [1.807, 2.05) is 0 Å². The fourth-order valence-corrected chi connectivity index (χ4v) is 2.35. The third-order valence-electron chi connectivity index (χ3n) is 3.57. The molecule has 1 aromatic heterocycles. The SMILES string of the molecule is CCC(CNC(C)(C)C)N(CC)Cc1cccc(C)n1. The maximum Gasteiger partial charge on any atom is 0.0547 e. The van der Waals surface area contributed by atoms with Gasteiger partial charge in [0.2, 0.25) is 0 Å². The summed E-state index contributed by atoms with van der Waals surface area (Å²) in [5.41, 5.74) is 2.44. The lowest BCUT2D eigenvalue weighted by molar-refractivity contribution is 0.176. The van der Waals surface area contributed by atoms with Gasteiger partial charge >= 0.3 is 0 Å². The molecule has 1 N–H and O–H groups in total. The molecular formula is C17H31N3. The summed E-state index contributed by atoms with van der Waals surface area (Å²) < 4.78 is 0. The number of aryl methyl sites for hydroxylation is 1. The van der Waals surface area contributed by atoms with E-state index in [0.717, 1.165) is 31.7 Å². The molecule has 0 aliphatic heterocycles. The van der Waals surface area contributed by atoms with E-state index in [4.69, 9.17) is 0 Å². The summed E-state index contributed by atoms with van der Waals surface area (Å²) in [5, 5.41) is 3.62. The third-order valence-corrected chi connectivity index (χ3v) is 3.57. The van der Waals surface area contributed by atoms with E-state index < -0.39 is 0 Å². The summed E-state index contributed by atoms with van der Waals surface area (Å²) >= 11 is 0. The van der Waals surface area contributed by atoms with Crippen molar-refractivity contribution in [3.63, 3.8) is 0 Å². The lowest BCUT2D eigenvalue weighted by Gasteiger charge is -2.32. The summed E-state index contributed by atoms with van der Waals surface area (Å²) in [7, 11) is 0. The Kier molecular flexibility index (Phi) is 6.63. The summed E-state index contributed by atoms with van der Waals surface area (Å²) in [6.07, 6.45) is 1.16. The molecule has 1 unspecified atom stereocenters. The quantitative estimate of drug-likeness (QED) is 0.828. The minimum atomic E-state index is 0.175. The second-order valence-corrected chi connectivity index (χ2v) is 6.53. The van der Waals surface area contributed by atoms with Crippen LogP contribution in [0, 0.1) is 6.92 Å². The number of pyridine rings is 1. The summed E-state index contributed by atoms with van der Waals surface area (Å²) in [6.45, 7) is 16.2. The van der Waals surface area contributed by atoms with Crippen molar-refractivity contribution in [3.8, 4) is 0 Å². The van der Waals surface area contributed by atoms with E-state index >= 15 is 0 Å². The minimum absolute atomic E-state index is 0.175. The first-order valence-corrected chi connectivity index (χ1v) is 7.77. The molecule has 1 rings (SSSR count). The first-order chi connectivity index (χ1) is 9.35. The Morgan fingerprint density at radius 1 is 1.25 bits per heavy atom. The summed E-state index contributed by atoms with van der Waals surface area (Å²) in [5.74, 6) is 0. The number of nitrogens with one attached hydrogen (secondary N) is 1. The van der Waals surface area contributed by atoms with Crippen molar-refractivity contribution in [2.24, 2.45) is 0 Å². The highest BCUT2D eigenvalue weighted by Crippen LogP contribution is 2.11. The molecule has 0 saturated heterocycles. The highest BCUT2D eigenvalue weighted by molar-refractivity contribution is 5.10. The molecule has 0 fully saturated rings. The highest BCUT2D eigenvalue weighted by atomic mass is 15.2. The number of rotatable bonds is 7. The molecule has 0 spiro atoms. The van der Waals surface area contributed by atoms with Crippen molar-refractivity contribution in [3.05, 3.63) is 29.6 Å². The Bertz CT molecular complexity index is 395. The fourth-order valence-electron chi connectivity index (χ4n) is 2.35. The van der Waals surface area contributed by atoms with E-state index in [0.29, 0.717) is 6.04 Å². The smallest absolute Gasteiger partial charge is 0.0547 e. The third kappa shape index (κ3) is 6.02. The number of hydrogen-bond donors (Lipinski definition) is 1. The van der Waals surface area contributed by atoms with Crippen LogP contribution >= 0.6 is 0 Å². The molecule has 0 radical (unpaired) electrons. The number of nitrogens with zero attached hydrogens (tertiary/aromatic N) is 2. The molecule has 0 amide bonds. The minimum Gasteiger partial charge on any atom is -0.311 e. The van der Waals surface area contributed by atoms with Crippen LogP contribution in [0.4, 0.5) is 0 Å². The van der Waals surface area contributed by atoms with Crippen LogP contribution in [0.5, 0.6) is 0 Å². The highest BCUT2D eigenvalue weighted by Gasteiger charge is 2.18. The lowest BCUT2D eigenvalue weighted by Crippen LogP contribution is -2.47. The van der Waals surface area contributed by atoms with E-state index in [1.165, 1.54) is 5.69 Å². The van der Waals surface area contributed by atoms with Crippen LogP contribution in [0.15, 0.2) is 18.2 Å². The van der Waals surface area contributed by atoms with Gasteiger partial charge in [-0.3, -0.25) is 9.88 Å². The molecule has 0 aliphatic rings. The lowest BCUT2D eigenvalue weighted by atomic mass is 10.1. The van der Waals surface area contributed by atoms with Gasteiger partial charge in [-0.1, -0.05) is 19.9 Å². The van der Waals surface area contributed by atoms with Crippen LogP contribution in [0.25, 0.3) is 0 Å². The summed E-state index contributed by atoms with van der Waals surface area (Å²) in [6, 6.07) is 6.83. The Morgan fingerprint density at radius 2 is 1.95 bits per heavy atom. The van der Waals surface area contributed by atoms with Crippen LogP contribution in [-0.4, -0.2) is 34.6 Å². The fraction of sp³-hybridized carbons (Fsp3) is 0.706. The largest absolute Gasteiger partial charge is 0.311 e. The van der Waals surface area contributed by atoms with Crippen LogP contribution in [0.1, 0.15) is 52.4 Å². The first kappa shape index (κ1) is 17.1. The Morgan fingerprint density at radius 3 is 2.45 bits per heavy atom. The topological polar surface area (TPSA) is 28.2 Å². The van der Waals surface area contributed by atoms with Crippen LogP contribution in [0.3, 0.4) is 0 Å². The molecule has 114 valence electrons. The molecule has 1 atom stereocenters. The Balaban J connectivity index is 2.67. The normalized spacial score (nSPS) is 13.8. The standard InChI is InChI=1S/C17H31N3/c1-7-16(12-18-17(4,5)6)20(8-2)13-15-11-9-10-14(3)19-15/h9-11,16,18H,7-8,12-13H2,1-6H3. The van der Waals surface area contributed by atoms with Gasteiger partial charge < -0.3 is 5.32 Å². The number of hydrogen-bond acceptors (Lipinski definition) is 3. The van der Waals surface area contributed by atoms with E-state index in [2.05, 4.69) is 74.9 Å². The monoisotopic (exact) mass is 277 g/mol. The van der Waals surface area contributed by atoms with Gasteiger partial charge in [-0.25, -0.2) is 0 Å². The predicted octanol–water partition coefficient (Wildman–Crippen LogP) is 3.38. The van der Waals surface area contributed by atoms with Gasteiger partial charge in [-0.15, -0.1) is 0 Å².